The van der Waals surface area contributed by atoms with Crippen LogP contribution < -0.4 is 5.32 Å². The summed E-state index contributed by atoms with van der Waals surface area (Å²) in [6.45, 7) is 4.69. The Morgan fingerprint density at radius 1 is 1.08 bits per heavy atom. The number of hydrogen-bond donors (Lipinski definition) is 1. The van der Waals surface area contributed by atoms with Crippen LogP contribution in [0.4, 0.5) is 4.79 Å². The van der Waals surface area contributed by atoms with Gasteiger partial charge in [0, 0.05) is 12.6 Å². The van der Waals surface area contributed by atoms with Gasteiger partial charge in [-0.05, 0) is 44.4 Å². The number of likely N-dealkylation sites (tertiary alicyclic amines) is 1. The van der Waals surface area contributed by atoms with Gasteiger partial charge in [-0.3, -0.25) is 14.5 Å². The van der Waals surface area contributed by atoms with Gasteiger partial charge >= 0.3 is 6.03 Å². The van der Waals surface area contributed by atoms with Gasteiger partial charge in [0.05, 0.1) is 0 Å². The fourth-order valence-electron chi connectivity index (χ4n) is 5.30. The van der Waals surface area contributed by atoms with Crippen molar-refractivity contribution in [1.82, 2.24) is 15.1 Å². The van der Waals surface area contributed by atoms with Crippen LogP contribution in [0.25, 0.3) is 0 Å². The maximum atomic E-state index is 13.0. The fraction of sp³-hybridized carbons (Fsp3) is 0.850. The van der Waals surface area contributed by atoms with Crippen molar-refractivity contribution in [2.45, 2.75) is 89.6 Å². The molecule has 1 N–H and O–H groups in total. The summed E-state index contributed by atoms with van der Waals surface area (Å²) >= 11 is 0. The van der Waals surface area contributed by atoms with Crippen molar-refractivity contribution in [3.05, 3.63) is 0 Å². The normalized spacial score (nSPS) is 28.1. The smallest absolute Gasteiger partial charge is 0.325 e. The lowest BCUT2D eigenvalue weighted by Gasteiger charge is -2.44. The third kappa shape index (κ3) is 3.47. The first-order chi connectivity index (χ1) is 12.5. The van der Waals surface area contributed by atoms with E-state index in [1.807, 2.05) is 18.7 Å². The molecule has 4 amide bonds. The van der Waals surface area contributed by atoms with E-state index in [0.717, 1.165) is 32.2 Å². The second kappa shape index (κ2) is 7.97. The van der Waals surface area contributed by atoms with E-state index in [4.69, 9.17) is 0 Å². The van der Waals surface area contributed by atoms with Gasteiger partial charge in [-0.25, -0.2) is 4.79 Å². The first-order valence-electron chi connectivity index (χ1n) is 10.5. The van der Waals surface area contributed by atoms with Crippen LogP contribution in [-0.2, 0) is 9.59 Å². The molecular weight excluding hydrogens is 330 g/mol. The number of amides is 4. The molecule has 0 aromatic heterocycles. The summed E-state index contributed by atoms with van der Waals surface area (Å²) < 4.78 is 0. The van der Waals surface area contributed by atoms with Crippen LogP contribution in [0.2, 0.25) is 0 Å². The van der Waals surface area contributed by atoms with Gasteiger partial charge in [-0.2, -0.15) is 0 Å². The van der Waals surface area contributed by atoms with Crippen LogP contribution in [-0.4, -0.2) is 52.3 Å². The average Bonchev–Trinajstić information content (AvgIpc) is 2.86. The van der Waals surface area contributed by atoms with E-state index >= 15 is 0 Å². The minimum absolute atomic E-state index is 0.0612. The Kier molecular flexibility index (Phi) is 5.88. The Bertz CT molecular complexity index is 555. The monoisotopic (exact) mass is 363 g/mol. The number of rotatable bonds is 6. The maximum Gasteiger partial charge on any atom is 0.325 e. The van der Waals surface area contributed by atoms with Crippen molar-refractivity contribution in [3.63, 3.8) is 0 Å². The molecule has 3 rings (SSSR count). The Hall–Kier alpha value is -1.59. The minimum atomic E-state index is -0.809. The number of urea groups is 1. The predicted octanol–water partition coefficient (Wildman–Crippen LogP) is 3.06. The molecule has 2 saturated heterocycles. The maximum absolute atomic E-state index is 13.0. The van der Waals surface area contributed by atoms with Crippen molar-refractivity contribution >= 4 is 17.8 Å². The molecule has 6 heteroatoms. The van der Waals surface area contributed by atoms with Gasteiger partial charge < -0.3 is 10.2 Å². The van der Waals surface area contributed by atoms with Gasteiger partial charge in [0.2, 0.25) is 5.91 Å². The number of nitrogens with one attached hydrogen (secondary N) is 1. The van der Waals surface area contributed by atoms with Crippen molar-refractivity contribution in [1.29, 1.82) is 0 Å². The average molecular weight is 364 g/mol. The molecule has 2 unspecified atom stereocenters. The number of fused-ring (bicyclic) bond motifs is 1. The topological polar surface area (TPSA) is 69.7 Å². The fourth-order valence-corrected chi connectivity index (χ4v) is 5.30. The molecule has 3 aliphatic rings. The van der Waals surface area contributed by atoms with E-state index in [-0.39, 0.29) is 18.4 Å². The van der Waals surface area contributed by atoms with Gasteiger partial charge in [0.1, 0.15) is 12.1 Å². The van der Waals surface area contributed by atoms with Crippen LogP contribution in [0.15, 0.2) is 0 Å². The number of hydrogen-bond acceptors (Lipinski definition) is 3. The molecule has 1 aliphatic carbocycles. The zero-order valence-corrected chi connectivity index (χ0v) is 16.3. The van der Waals surface area contributed by atoms with Crippen molar-refractivity contribution in [2.24, 2.45) is 5.92 Å². The third-order valence-corrected chi connectivity index (χ3v) is 6.46. The van der Waals surface area contributed by atoms with E-state index in [1.165, 1.54) is 30.6 Å². The largest absolute Gasteiger partial charge is 0.338 e. The van der Waals surface area contributed by atoms with E-state index < -0.39 is 11.6 Å². The van der Waals surface area contributed by atoms with E-state index in [1.54, 1.807) is 0 Å². The summed E-state index contributed by atoms with van der Waals surface area (Å²) in [5.74, 6) is 0.328. The molecule has 2 heterocycles. The molecule has 0 bridgehead atoms. The molecule has 0 aromatic carbocycles. The molecule has 6 nitrogen and oxygen atoms in total. The quantitative estimate of drug-likeness (QED) is 0.737. The first-order valence-corrected chi connectivity index (χ1v) is 10.5. The van der Waals surface area contributed by atoms with Gasteiger partial charge in [-0.15, -0.1) is 0 Å². The third-order valence-electron chi connectivity index (χ3n) is 6.46. The highest BCUT2D eigenvalue weighted by Gasteiger charge is 2.50. The second-order valence-corrected chi connectivity index (χ2v) is 8.24. The molecule has 146 valence electrons. The molecular formula is C20H33N3O3. The highest BCUT2D eigenvalue weighted by Crippen LogP contribution is 2.35. The highest BCUT2D eigenvalue weighted by atomic mass is 16.2. The lowest BCUT2D eigenvalue weighted by Crippen LogP contribution is -2.53. The van der Waals surface area contributed by atoms with Crippen molar-refractivity contribution < 1.29 is 14.4 Å². The summed E-state index contributed by atoms with van der Waals surface area (Å²) in [5, 5.41) is 2.90. The number of imide groups is 1. The zero-order chi connectivity index (χ0) is 18.7. The molecule has 0 aromatic rings. The van der Waals surface area contributed by atoms with Gasteiger partial charge in [0.25, 0.3) is 5.91 Å². The van der Waals surface area contributed by atoms with Crippen molar-refractivity contribution in [2.75, 3.05) is 13.1 Å². The van der Waals surface area contributed by atoms with Crippen LogP contribution in [0, 0.1) is 5.92 Å². The number of carbonyl (C=O) groups excluding carboxylic acids is 3. The second-order valence-electron chi connectivity index (χ2n) is 8.24. The van der Waals surface area contributed by atoms with Crippen LogP contribution in [0.5, 0.6) is 0 Å². The lowest BCUT2D eigenvalue weighted by atomic mass is 9.78. The lowest BCUT2D eigenvalue weighted by molar-refractivity contribution is -0.143. The summed E-state index contributed by atoms with van der Waals surface area (Å²) in [7, 11) is 0. The molecule has 0 spiro atoms. The van der Waals surface area contributed by atoms with E-state index in [0.29, 0.717) is 24.8 Å². The Morgan fingerprint density at radius 3 is 2.42 bits per heavy atom. The zero-order valence-electron chi connectivity index (χ0n) is 16.3. The van der Waals surface area contributed by atoms with Crippen LogP contribution >= 0.6 is 0 Å². The molecule has 2 aliphatic heterocycles. The number of piperidine rings is 1. The molecule has 3 fully saturated rings. The van der Waals surface area contributed by atoms with Crippen molar-refractivity contribution in [3.8, 4) is 0 Å². The van der Waals surface area contributed by atoms with Gasteiger partial charge in [-0.1, -0.05) is 39.5 Å². The molecule has 26 heavy (non-hydrogen) atoms. The number of nitrogens with zero attached hydrogens (tertiary/aromatic N) is 2. The van der Waals surface area contributed by atoms with Crippen LogP contribution in [0.1, 0.15) is 78.1 Å². The highest BCUT2D eigenvalue weighted by molar-refractivity contribution is 6.09. The van der Waals surface area contributed by atoms with E-state index in [2.05, 4.69) is 5.32 Å². The molecule has 0 radical (unpaired) electrons. The molecule has 2 atom stereocenters. The minimum Gasteiger partial charge on any atom is -0.338 e. The predicted molar refractivity (Wildman–Crippen MR) is 99.5 cm³/mol. The number of carbonyl (C=O) groups is 3. The Labute approximate surface area is 156 Å². The standard InChI is InChI=1S/C20H33N3O3/c1-3-11-20(12-4-2)18(25)23(19(26)21-20)14-17(24)22-13-7-9-15-8-5-6-10-16(15)22/h15-16H,3-14H2,1-2H3,(H,21,26). The van der Waals surface area contributed by atoms with Gasteiger partial charge in [0.15, 0.2) is 0 Å². The first kappa shape index (κ1) is 19.2. The summed E-state index contributed by atoms with van der Waals surface area (Å²) in [6.07, 6.45) is 9.83. The SMILES string of the molecule is CCCC1(CCC)NC(=O)N(CC(=O)N2CCCC3CCCCC32)C1=O. The van der Waals surface area contributed by atoms with Crippen LogP contribution in [0.3, 0.4) is 0 Å². The Morgan fingerprint density at radius 2 is 1.73 bits per heavy atom. The summed E-state index contributed by atoms with van der Waals surface area (Å²) in [6, 6.07) is -0.0933. The Balaban J connectivity index is 1.70. The summed E-state index contributed by atoms with van der Waals surface area (Å²) in [5.41, 5.74) is -0.809. The molecule has 1 saturated carbocycles. The summed E-state index contributed by atoms with van der Waals surface area (Å²) in [4.78, 5) is 41.6. The van der Waals surface area contributed by atoms with E-state index in [9.17, 15) is 14.4 Å².